The summed E-state index contributed by atoms with van der Waals surface area (Å²) >= 11 is 0. The second-order valence-corrected chi connectivity index (χ2v) is 3.54. The Kier molecular flexibility index (Phi) is 2.15. The van der Waals surface area contributed by atoms with Crippen LogP contribution in [0.5, 0.6) is 0 Å². The van der Waals surface area contributed by atoms with E-state index in [0.717, 1.165) is 12.8 Å². The van der Waals surface area contributed by atoms with Crippen LogP contribution < -0.4 is 0 Å². The first-order valence-corrected chi connectivity index (χ1v) is 4.56. The lowest BCUT2D eigenvalue weighted by Crippen LogP contribution is -2.08. The molecule has 78 valence electrons. The fourth-order valence-electron chi connectivity index (χ4n) is 1.45. The second kappa shape index (κ2) is 3.34. The largest absolute Gasteiger partial charge is 0.478 e. The first-order valence-electron chi connectivity index (χ1n) is 4.56. The fourth-order valence-corrected chi connectivity index (χ4v) is 1.45. The topological polar surface area (TPSA) is 87.5 Å². The van der Waals surface area contributed by atoms with E-state index in [1.54, 1.807) is 0 Å². The van der Waals surface area contributed by atoms with E-state index in [2.05, 4.69) is 4.98 Å². The molecule has 1 saturated carbocycles. The summed E-state index contributed by atoms with van der Waals surface area (Å²) in [6.45, 7) is 0. The summed E-state index contributed by atoms with van der Waals surface area (Å²) in [5.74, 6) is -2.08. The van der Waals surface area contributed by atoms with Crippen molar-refractivity contribution in [3.8, 4) is 0 Å². The zero-order valence-electron chi connectivity index (χ0n) is 7.80. The highest BCUT2D eigenvalue weighted by atomic mass is 16.4. The number of aromatic carboxylic acids is 2. The smallest absolute Gasteiger partial charge is 0.337 e. The van der Waals surface area contributed by atoms with E-state index in [9.17, 15) is 9.59 Å². The van der Waals surface area contributed by atoms with E-state index in [1.807, 2.05) is 0 Å². The average Bonchev–Trinajstić information content (AvgIpc) is 2.99. The zero-order chi connectivity index (χ0) is 11.0. The molecule has 0 saturated heterocycles. The van der Waals surface area contributed by atoms with Crippen molar-refractivity contribution in [1.82, 2.24) is 4.98 Å². The molecule has 2 N–H and O–H groups in total. The summed E-state index contributed by atoms with van der Waals surface area (Å²) in [4.78, 5) is 25.5. The third-order valence-electron chi connectivity index (χ3n) is 2.36. The summed E-state index contributed by atoms with van der Waals surface area (Å²) in [6.07, 6.45) is 3.07. The van der Waals surface area contributed by atoms with Crippen LogP contribution in [0.25, 0.3) is 0 Å². The molecule has 2 rings (SSSR count). The van der Waals surface area contributed by atoms with Crippen molar-refractivity contribution in [3.63, 3.8) is 0 Å². The Morgan fingerprint density at radius 1 is 1.27 bits per heavy atom. The molecule has 0 aliphatic heterocycles. The van der Waals surface area contributed by atoms with Crippen molar-refractivity contribution in [1.29, 1.82) is 0 Å². The molecule has 0 spiro atoms. The number of nitrogens with zero attached hydrogens (tertiary/aromatic N) is 1. The molecule has 0 unspecified atom stereocenters. The van der Waals surface area contributed by atoms with Crippen LogP contribution in [-0.2, 0) is 0 Å². The molecular formula is C10H9NO4. The minimum atomic E-state index is -1.16. The molecule has 0 bridgehead atoms. The van der Waals surface area contributed by atoms with E-state index in [4.69, 9.17) is 10.2 Å². The van der Waals surface area contributed by atoms with Crippen LogP contribution in [0, 0.1) is 0 Å². The summed E-state index contributed by atoms with van der Waals surface area (Å²) in [7, 11) is 0. The first kappa shape index (κ1) is 9.64. The van der Waals surface area contributed by atoms with Gasteiger partial charge in [-0.15, -0.1) is 0 Å². The van der Waals surface area contributed by atoms with Crippen LogP contribution in [0.4, 0.5) is 0 Å². The number of rotatable bonds is 3. The van der Waals surface area contributed by atoms with E-state index in [1.165, 1.54) is 12.3 Å². The minimum Gasteiger partial charge on any atom is -0.478 e. The summed E-state index contributed by atoms with van der Waals surface area (Å²) in [5.41, 5.74) is 0.432. The van der Waals surface area contributed by atoms with Gasteiger partial charge in [0.2, 0.25) is 0 Å². The summed E-state index contributed by atoms with van der Waals surface area (Å²) in [5, 5.41) is 17.6. The summed E-state index contributed by atoms with van der Waals surface area (Å²) < 4.78 is 0. The number of hydrogen-bond acceptors (Lipinski definition) is 3. The molecule has 0 amide bonds. The van der Waals surface area contributed by atoms with E-state index < -0.39 is 11.9 Å². The molecule has 0 radical (unpaired) electrons. The Morgan fingerprint density at radius 3 is 2.40 bits per heavy atom. The van der Waals surface area contributed by atoms with Gasteiger partial charge < -0.3 is 10.2 Å². The standard InChI is InChI=1S/C10H9NO4/c12-9(13)6-3-7(10(14)15)8(11-4-6)5-1-2-5/h3-5H,1-2H2,(H,12,13)(H,14,15). The van der Waals surface area contributed by atoms with Gasteiger partial charge in [0, 0.05) is 12.1 Å². The van der Waals surface area contributed by atoms with Gasteiger partial charge in [0.25, 0.3) is 0 Å². The molecule has 1 aromatic heterocycles. The molecule has 5 heteroatoms. The van der Waals surface area contributed by atoms with Gasteiger partial charge in [-0.3, -0.25) is 4.98 Å². The maximum Gasteiger partial charge on any atom is 0.337 e. The molecule has 5 nitrogen and oxygen atoms in total. The molecule has 1 aliphatic rings. The fraction of sp³-hybridized carbons (Fsp3) is 0.300. The summed E-state index contributed by atoms with van der Waals surface area (Å²) in [6, 6.07) is 1.17. The van der Waals surface area contributed by atoms with Crippen molar-refractivity contribution < 1.29 is 19.8 Å². The molecule has 1 fully saturated rings. The Balaban J connectivity index is 2.48. The normalized spacial score (nSPS) is 14.9. The number of carboxylic acids is 2. The Labute approximate surface area is 85.4 Å². The van der Waals surface area contributed by atoms with Crippen molar-refractivity contribution in [2.45, 2.75) is 18.8 Å². The van der Waals surface area contributed by atoms with Gasteiger partial charge in [-0.25, -0.2) is 9.59 Å². The monoisotopic (exact) mass is 207 g/mol. The van der Waals surface area contributed by atoms with Crippen LogP contribution in [-0.4, -0.2) is 27.1 Å². The van der Waals surface area contributed by atoms with E-state index in [0.29, 0.717) is 5.69 Å². The number of carbonyl (C=O) groups is 2. The van der Waals surface area contributed by atoms with Gasteiger partial charge in [0.1, 0.15) is 0 Å². The maximum absolute atomic E-state index is 10.9. The quantitative estimate of drug-likeness (QED) is 0.781. The number of hydrogen-bond donors (Lipinski definition) is 2. The van der Waals surface area contributed by atoms with Crippen LogP contribution in [0.15, 0.2) is 12.3 Å². The van der Waals surface area contributed by atoms with Crippen molar-refractivity contribution in [3.05, 3.63) is 29.1 Å². The lowest BCUT2D eigenvalue weighted by molar-refractivity contribution is 0.0695. The molecule has 1 aromatic rings. The molecule has 1 heterocycles. The highest BCUT2D eigenvalue weighted by molar-refractivity contribution is 5.94. The van der Waals surface area contributed by atoms with Gasteiger partial charge in [0.15, 0.2) is 0 Å². The highest BCUT2D eigenvalue weighted by Crippen LogP contribution is 2.40. The van der Waals surface area contributed by atoms with Crippen LogP contribution >= 0.6 is 0 Å². The number of aromatic nitrogens is 1. The average molecular weight is 207 g/mol. The van der Waals surface area contributed by atoms with Crippen molar-refractivity contribution in [2.24, 2.45) is 0 Å². The Bertz CT molecular complexity index is 437. The third kappa shape index (κ3) is 1.81. The van der Waals surface area contributed by atoms with E-state index >= 15 is 0 Å². The van der Waals surface area contributed by atoms with Crippen molar-refractivity contribution >= 4 is 11.9 Å². The van der Waals surface area contributed by atoms with Crippen LogP contribution in [0.1, 0.15) is 45.2 Å². The number of pyridine rings is 1. The number of carboxylic acid groups (broad SMARTS) is 2. The highest BCUT2D eigenvalue weighted by Gasteiger charge is 2.30. The molecule has 1 aliphatic carbocycles. The predicted molar refractivity (Wildman–Crippen MR) is 50.1 cm³/mol. The van der Waals surface area contributed by atoms with E-state index in [-0.39, 0.29) is 17.0 Å². The molecule has 0 atom stereocenters. The minimum absolute atomic E-state index is 0.0115. The second-order valence-electron chi connectivity index (χ2n) is 3.54. The van der Waals surface area contributed by atoms with Crippen LogP contribution in [0.3, 0.4) is 0 Å². The van der Waals surface area contributed by atoms with Crippen molar-refractivity contribution in [2.75, 3.05) is 0 Å². The predicted octanol–water partition coefficient (Wildman–Crippen LogP) is 1.36. The zero-order valence-corrected chi connectivity index (χ0v) is 7.80. The molecular weight excluding hydrogens is 198 g/mol. The maximum atomic E-state index is 10.9. The Morgan fingerprint density at radius 2 is 1.93 bits per heavy atom. The third-order valence-corrected chi connectivity index (χ3v) is 2.36. The lowest BCUT2D eigenvalue weighted by Gasteiger charge is -2.04. The Hall–Kier alpha value is -1.91. The van der Waals surface area contributed by atoms with Gasteiger partial charge >= 0.3 is 11.9 Å². The lowest BCUT2D eigenvalue weighted by atomic mass is 10.1. The molecule has 0 aromatic carbocycles. The van der Waals surface area contributed by atoms with Gasteiger partial charge in [-0.05, 0) is 18.9 Å². The molecule has 15 heavy (non-hydrogen) atoms. The first-order chi connectivity index (χ1) is 7.09. The van der Waals surface area contributed by atoms with Crippen LogP contribution in [0.2, 0.25) is 0 Å². The van der Waals surface area contributed by atoms with Gasteiger partial charge in [0.05, 0.1) is 16.8 Å². The van der Waals surface area contributed by atoms with Gasteiger partial charge in [-0.2, -0.15) is 0 Å². The van der Waals surface area contributed by atoms with Gasteiger partial charge in [-0.1, -0.05) is 0 Å². The SMILES string of the molecule is O=C(O)c1cnc(C2CC2)c(C(=O)O)c1.